The molecule has 0 saturated heterocycles. The normalized spacial score (nSPS) is 11.6. The van der Waals surface area contributed by atoms with Gasteiger partial charge in [0.15, 0.2) is 17.5 Å². The van der Waals surface area contributed by atoms with Crippen molar-refractivity contribution in [1.29, 1.82) is 0 Å². The molecule has 3 heterocycles. The Morgan fingerprint density at radius 1 is 0.320 bits per heavy atom. The molecule has 0 aliphatic rings. The second-order valence-corrected chi connectivity index (χ2v) is 12.4. The van der Waals surface area contributed by atoms with Gasteiger partial charge in [0, 0.05) is 32.7 Å². The molecule has 5 nitrogen and oxygen atoms in total. The fourth-order valence-corrected chi connectivity index (χ4v) is 7.01. The molecule has 0 saturated carbocycles. The monoisotopic (exact) mass is 641 g/mol. The maximum absolute atomic E-state index is 6.49. The Balaban J connectivity index is 1.27. The van der Waals surface area contributed by atoms with Crippen LogP contribution in [0, 0.1) is 0 Å². The lowest BCUT2D eigenvalue weighted by molar-refractivity contribution is 0.668. The lowest BCUT2D eigenvalue weighted by Crippen LogP contribution is -2.02. The first kappa shape index (κ1) is 28.2. The largest absolute Gasteiger partial charge is 0.456 e. The predicted molar refractivity (Wildman–Crippen MR) is 202 cm³/mol. The SMILES string of the molecule is c1ccc(-c2ccc(-c3nc(-c4cccc5c4oc4ccccc45)nc(-c4c(-c5ccccc5)ccc5oc6ccccc6c45)n3)cc2)cc1. The minimum absolute atomic E-state index is 0.533. The van der Waals surface area contributed by atoms with Crippen molar-refractivity contribution in [2.24, 2.45) is 0 Å². The van der Waals surface area contributed by atoms with Crippen molar-refractivity contribution in [1.82, 2.24) is 15.0 Å². The smallest absolute Gasteiger partial charge is 0.167 e. The second-order valence-electron chi connectivity index (χ2n) is 12.4. The highest BCUT2D eigenvalue weighted by molar-refractivity contribution is 6.15. The summed E-state index contributed by atoms with van der Waals surface area (Å²) >= 11 is 0. The topological polar surface area (TPSA) is 65.0 Å². The second kappa shape index (κ2) is 11.4. The number of aromatic nitrogens is 3. The molecule has 0 fully saturated rings. The van der Waals surface area contributed by atoms with Crippen molar-refractivity contribution in [3.05, 3.63) is 164 Å². The number of nitrogens with zero attached hydrogens (tertiary/aromatic N) is 3. The van der Waals surface area contributed by atoms with Crippen LogP contribution in [-0.2, 0) is 0 Å². The van der Waals surface area contributed by atoms with Gasteiger partial charge in [-0.2, -0.15) is 0 Å². The molecule has 0 unspecified atom stereocenters. The molecule has 0 bridgehead atoms. The molecular formula is C45H27N3O2. The van der Waals surface area contributed by atoms with E-state index in [-0.39, 0.29) is 0 Å². The summed E-state index contributed by atoms with van der Waals surface area (Å²) < 4.78 is 12.9. The fraction of sp³-hybridized carbons (Fsp3) is 0. The molecule has 234 valence electrons. The standard InChI is InChI=1S/C45H27N3O2/c1-3-12-28(13-4-1)29-22-24-31(25-23-29)43-46-44(36-19-11-18-34-33-16-7-9-20-37(33)50-42(34)36)48-45(47-43)41-32(30-14-5-2-6-15-30)26-27-39-40(41)35-17-8-10-21-38(35)49-39/h1-27H. The Hall–Kier alpha value is -6.85. The molecule has 7 aromatic carbocycles. The summed E-state index contributed by atoms with van der Waals surface area (Å²) in [7, 11) is 0. The third-order valence-electron chi connectivity index (χ3n) is 9.38. The number of hydrogen-bond acceptors (Lipinski definition) is 5. The number of fused-ring (bicyclic) bond motifs is 6. The van der Waals surface area contributed by atoms with Crippen LogP contribution >= 0.6 is 0 Å². The first-order valence-corrected chi connectivity index (χ1v) is 16.6. The van der Waals surface area contributed by atoms with Crippen LogP contribution in [0.2, 0.25) is 0 Å². The maximum atomic E-state index is 6.49. The van der Waals surface area contributed by atoms with E-state index >= 15 is 0 Å². The Labute approximate surface area is 287 Å². The molecule has 3 aromatic heterocycles. The summed E-state index contributed by atoms with van der Waals surface area (Å²) in [6.07, 6.45) is 0. The van der Waals surface area contributed by atoms with E-state index in [1.54, 1.807) is 0 Å². The minimum Gasteiger partial charge on any atom is -0.456 e. The fourth-order valence-electron chi connectivity index (χ4n) is 7.01. The van der Waals surface area contributed by atoms with Gasteiger partial charge in [-0.1, -0.05) is 133 Å². The molecule has 0 spiro atoms. The van der Waals surface area contributed by atoms with Crippen LogP contribution in [0.5, 0.6) is 0 Å². The zero-order valence-corrected chi connectivity index (χ0v) is 26.7. The highest BCUT2D eigenvalue weighted by Gasteiger charge is 2.23. The van der Waals surface area contributed by atoms with Crippen LogP contribution in [0.15, 0.2) is 173 Å². The molecule has 0 atom stereocenters. The van der Waals surface area contributed by atoms with Crippen LogP contribution < -0.4 is 0 Å². The van der Waals surface area contributed by atoms with Crippen LogP contribution in [-0.4, -0.2) is 15.0 Å². The highest BCUT2D eigenvalue weighted by Crippen LogP contribution is 2.43. The van der Waals surface area contributed by atoms with Gasteiger partial charge in [-0.15, -0.1) is 0 Å². The Morgan fingerprint density at radius 2 is 0.900 bits per heavy atom. The van der Waals surface area contributed by atoms with Crippen LogP contribution in [0.3, 0.4) is 0 Å². The zero-order chi connectivity index (χ0) is 33.0. The molecule has 10 rings (SSSR count). The van der Waals surface area contributed by atoms with Crippen LogP contribution in [0.4, 0.5) is 0 Å². The third kappa shape index (κ3) is 4.60. The van der Waals surface area contributed by atoms with Gasteiger partial charge in [-0.05, 0) is 52.6 Å². The van der Waals surface area contributed by atoms with Gasteiger partial charge in [0.05, 0.1) is 5.56 Å². The molecule has 0 radical (unpaired) electrons. The number of hydrogen-bond donors (Lipinski definition) is 0. The van der Waals surface area contributed by atoms with Crippen LogP contribution in [0.25, 0.3) is 100 Å². The Bertz CT molecular complexity index is 2850. The molecule has 5 heteroatoms. The molecule has 0 amide bonds. The van der Waals surface area contributed by atoms with E-state index in [4.69, 9.17) is 23.8 Å². The minimum atomic E-state index is 0.533. The van der Waals surface area contributed by atoms with Gasteiger partial charge in [0.25, 0.3) is 0 Å². The molecule has 0 aliphatic carbocycles. The lowest BCUT2D eigenvalue weighted by atomic mass is 9.94. The number of furan rings is 2. The summed E-state index contributed by atoms with van der Waals surface area (Å²) in [6, 6.07) is 55.7. The van der Waals surface area contributed by atoms with Gasteiger partial charge in [0.2, 0.25) is 0 Å². The average molecular weight is 642 g/mol. The van der Waals surface area contributed by atoms with Crippen molar-refractivity contribution in [3.8, 4) is 56.4 Å². The Kier molecular flexibility index (Phi) is 6.42. The zero-order valence-electron chi connectivity index (χ0n) is 26.7. The quantitative estimate of drug-likeness (QED) is 0.187. The van der Waals surface area contributed by atoms with Crippen molar-refractivity contribution in [3.63, 3.8) is 0 Å². The maximum Gasteiger partial charge on any atom is 0.167 e. The third-order valence-corrected chi connectivity index (χ3v) is 9.38. The molecular weight excluding hydrogens is 615 g/mol. The number of para-hydroxylation sites is 3. The Morgan fingerprint density at radius 3 is 1.68 bits per heavy atom. The van der Waals surface area contributed by atoms with E-state index in [0.717, 1.165) is 82.8 Å². The van der Waals surface area contributed by atoms with Crippen LogP contribution in [0.1, 0.15) is 0 Å². The van der Waals surface area contributed by atoms with E-state index in [1.165, 1.54) is 0 Å². The summed E-state index contributed by atoms with van der Waals surface area (Å²) in [5.74, 6) is 1.66. The summed E-state index contributed by atoms with van der Waals surface area (Å²) in [6.45, 7) is 0. The summed E-state index contributed by atoms with van der Waals surface area (Å²) in [5.41, 5.74) is 10.1. The lowest BCUT2D eigenvalue weighted by Gasteiger charge is -2.14. The van der Waals surface area contributed by atoms with Gasteiger partial charge < -0.3 is 8.83 Å². The van der Waals surface area contributed by atoms with E-state index in [9.17, 15) is 0 Å². The summed E-state index contributed by atoms with van der Waals surface area (Å²) in [5, 5.41) is 4.04. The molecule has 10 aromatic rings. The average Bonchev–Trinajstić information content (AvgIpc) is 3.77. The van der Waals surface area contributed by atoms with Crippen molar-refractivity contribution < 1.29 is 8.83 Å². The van der Waals surface area contributed by atoms with Gasteiger partial charge in [0.1, 0.15) is 22.3 Å². The number of rotatable bonds is 5. The highest BCUT2D eigenvalue weighted by atomic mass is 16.3. The van der Waals surface area contributed by atoms with Crippen molar-refractivity contribution in [2.45, 2.75) is 0 Å². The first-order valence-electron chi connectivity index (χ1n) is 16.6. The van der Waals surface area contributed by atoms with Gasteiger partial charge in [-0.25, -0.2) is 15.0 Å². The van der Waals surface area contributed by atoms with E-state index in [1.807, 2.05) is 66.7 Å². The van der Waals surface area contributed by atoms with E-state index in [2.05, 4.69) is 97.1 Å². The summed E-state index contributed by atoms with van der Waals surface area (Å²) in [4.78, 5) is 15.7. The number of benzene rings is 7. The predicted octanol–water partition coefficient (Wildman–Crippen LogP) is 12.0. The van der Waals surface area contributed by atoms with Crippen molar-refractivity contribution >= 4 is 43.9 Å². The van der Waals surface area contributed by atoms with E-state index < -0.39 is 0 Å². The first-order chi connectivity index (χ1) is 24.8. The van der Waals surface area contributed by atoms with Crippen molar-refractivity contribution in [2.75, 3.05) is 0 Å². The van der Waals surface area contributed by atoms with Gasteiger partial charge >= 0.3 is 0 Å². The molecule has 50 heavy (non-hydrogen) atoms. The molecule has 0 N–H and O–H groups in total. The van der Waals surface area contributed by atoms with E-state index in [0.29, 0.717) is 17.5 Å². The molecule has 0 aliphatic heterocycles. The van der Waals surface area contributed by atoms with Gasteiger partial charge in [-0.3, -0.25) is 0 Å².